The summed E-state index contributed by atoms with van der Waals surface area (Å²) in [7, 11) is 0. The van der Waals surface area contributed by atoms with E-state index >= 15 is 0 Å². The van der Waals surface area contributed by atoms with Gasteiger partial charge in [-0.25, -0.2) is 4.79 Å². The number of halogens is 1. The molecule has 0 aliphatic rings. The van der Waals surface area contributed by atoms with Gasteiger partial charge in [0, 0.05) is 18.1 Å². The molecule has 0 heterocycles. The highest BCUT2D eigenvalue weighted by Gasteiger charge is 2.17. The summed E-state index contributed by atoms with van der Waals surface area (Å²) in [6.45, 7) is 6.10. The molecule has 0 aliphatic carbocycles. The number of amides is 2. The van der Waals surface area contributed by atoms with Crippen molar-refractivity contribution in [1.29, 1.82) is 0 Å². The molecule has 0 aliphatic heterocycles. The van der Waals surface area contributed by atoms with Crippen molar-refractivity contribution in [3.8, 4) is 0 Å². The Hall–Kier alpha value is -1.79. The van der Waals surface area contributed by atoms with E-state index in [0.717, 1.165) is 5.56 Å². The first kappa shape index (κ1) is 20.3. The number of hydrogen-bond donors (Lipinski definition) is 3. The lowest BCUT2D eigenvalue weighted by atomic mass is 10.1. The third-order valence-corrected chi connectivity index (χ3v) is 3.30. The topological polar surface area (TPSA) is 93.4 Å². The van der Waals surface area contributed by atoms with Crippen LogP contribution in [0.1, 0.15) is 32.8 Å². The summed E-state index contributed by atoms with van der Waals surface area (Å²) in [5.74, 6) is -0.247. The number of alkyl carbamates (subject to hydrolysis) is 1. The number of benzene rings is 1. The van der Waals surface area contributed by atoms with E-state index in [2.05, 4.69) is 10.6 Å². The van der Waals surface area contributed by atoms with Crippen molar-refractivity contribution in [2.45, 2.75) is 45.3 Å². The molecule has 1 aromatic carbocycles. The molecule has 0 saturated carbocycles. The molecule has 2 amide bonds. The molecule has 6 nitrogen and oxygen atoms in total. The van der Waals surface area contributed by atoms with E-state index in [1.54, 1.807) is 26.8 Å². The molecule has 0 radical (unpaired) electrons. The molecule has 24 heavy (non-hydrogen) atoms. The molecular weight excluding hydrogens is 330 g/mol. The summed E-state index contributed by atoms with van der Waals surface area (Å²) in [5, 5.41) is 6.02. The first-order valence-electron chi connectivity index (χ1n) is 7.92. The van der Waals surface area contributed by atoms with Gasteiger partial charge in [0.25, 0.3) is 0 Å². The lowest BCUT2D eigenvalue weighted by Gasteiger charge is -2.20. The molecule has 0 bridgehead atoms. The van der Waals surface area contributed by atoms with Gasteiger partial charge in [-0.3, -0.25) is 4.79 Å². The van der Waals surface area contributed by atoms with E-state index in [0.29, 0.717) is 24.4 Å². The van der Waals surface area contributed by atoms with Gasteiger partial charge in [0.2, 0.25) is 5.91 Å². The minimum absolute atomic E-state index is 0.247. The van der Waals surface area contributed by atoms with Crippen LogP contribution < -0.4 is 16.4 Å². The standard InChI is InChI=1S/C17H26ClN3O3/c1-17(2,3)24-16(23)21-10-8-14(19)15(22)20-9-7-12-5-4-6-13(18)11-12/h4-6,11,14H,7-10,19H2,1-3H3,(H,20,22)(H,21,23)/t14-/m0/s1. The minimum atomic E-state index is -0.681. The monoisotopic (exact) mass is 355 g/mol. The first-order chi connectivity index (χ1) is 11.2. The molecule has 0 unspecified atom stereocenters. The highest BCUT2D eigenvalue weighted by Crippen LogP contribution is 2.10. The summed E-state index contributed by atoms with van der Waals surface area (Å²) in [4.78, 5) is 23.4. The third kappa shape index (κ3) is 8.74. The average Bonchev–Trinajstić information content (AvgIpc) is 2.45. The van der Waals surface area contributed by atoms with E-state index in [4.69, 9.17) is 22.1 Å². The van der Waals surface area contributed by atoms with Gasteiger partial charge in [-0.15, -0.1) is 0 Å². The fraction of sp³-hybridized carbons (Fsp3) is 0.529. The highest BCUT2D eigenvalue weighted by molar-refractivity contribution is 6.30. The zero-order chi connectivity index (χ0) is 18.2. The molecule has 1 aromatic rings. The Labute approximate surface area is 148 Å². The van der Waals surface area contributed by atoms with Crippen LogP contribution in [-0.2, 0) is 16.0 Å². The van der Waals surface area contributed by atoms with Crippen molar-refractivity contribution < 1.29 is 14.3 Å². The Morgan fingerprint density at radius 1 is 1.25 bits per heavy atom. The fourth-order valence-corrected chi connectivity index (χ4v) is 2.14. The maximum Gasteiger partial charge on any atom is 0.407 e. The predicted octanol–water partition coefficient (Wildman–Crippen LogP) is 2.24. The van der Waals surface area contributed by atoms with Gasteiger partial charge in [-0.1, -0.05) is 23.7 Å². The number of hydrogen-bond acceptors (Lipinski definition) is 4. The lowest BCUT2D eigenvalue weighted by molar-refractivity contribution is -0.122. The number of ether oxygens (including phenoxy) is 1. The van der Waals surface area contributed by atoms with Gasteiger partial charge in [0.15, 0.2) is 0 Å². The Kier molecular flexibility index (Phi) is 8.01. The second-order valence-electron chi connectivity index (χ2n) is 6.49. The molecular formula is C17H26ClN3O3. The van der Waals surface area contributed by atoms with Crippen molar-refractivity contribution in [3.05, 3.63) is 34.9 Å². The van der Waals surface area contributed by atoms with Crippen LogP contribution in [0.15, 0.2) is 24.3 Å². The molecule has 0 spiro atoms. The molecule has 1 atom stereocenters. The molecule has 134 valence electrons. The number of nitrogens with one attached hydrogen (secondary N) is 2. The Bertz CT molecular complexity index is 558. The molecule has 4 N–H and O–H groups in total. The number of carbonyl (C=O) groups is 2. The van der Waals surface area contributed by atoms with Gasteiger partial charge >= 0.3 is 6.09 Å². The summed E-state index contributed by atoms with van der Waals surface area (Å²) < 4.78 is 5.10. The average molecular weight is 356 g/mol. The zero-order valence-corrected chi connectivity index (χ0v) is 15.2. The lowest BCUT2D eigenvalue weighted by Crippen LogP contribution is -2.43. The SMILES string of the molecule is CC(C)(C)OC(=O)NCC[C@H](N)C(=O)NCCc1cccc(Cl)c1. The van der Waals surface area contributed by atoms with Crippen LogP contribution in [0, 0.1) is 0 Å². The maximum absolute atomic E-state index is 11.9. The van der Waals surface area contributed by atoms with Crippen LogP contribution in [-0.4, -0.2) is 36.7 Å². The molecule has 0 aromatic heterocycles. The van der Waals surface area contributed by atoms with Crippen molar-refractivity contribution >= 4 is 23.6 Å². The normalized spacial score (nSPS) is 12.4. The van der Waals surface area contributed by atoms with Gasteiger partial charge in [0.05, 0.1) is 6.04 Å². The van der Waals surface area contributed by atoms with E-state index in [-0.39, 0.29) is 12.5 Å². The van der Waals surface area contributed by atoms with E-state index in [1.807, 2.05) is 18.2 Å². The number of rotatable bonds is 7. The van der Waals surface area contributed by atoms with Crippen molar-refractivity contribution in [3.63, 3.8) is 0 Å². The smallest absolute Gasteiger partial charge is 0.407 e. The van der Waals surface area contributed by atoms with Crippen LogP contribution in [0.3, 0.4) is 0 Å². The predicted molar refractivity (Wildman–Crippen MR) is 95.0 cm³/mol. The molecule has 7 heteroatoms. The Morgan fingerprint density at radius 2 is 1.96 bits per heavy atom. The second-order valence-corrected chi connectivity index (χ2v) is 6.93. The van der Waals surface area contributed by atoms with Crippen molar-refractivity contribution in [2.24, 2.45) is 5.73 Å². The van der Waals surface area contributed by atoms with Gasteiger partial charge in [-0.2, -0.15) is 0 Å². The van der Waals surface area contributed by atoms with E-state index in [9.17, 15) is 9.59 Å². The highest BCUT2D eigenvalue weighted by atomic mass is 35.5. The molecule has 0 saturated heterocycles. The molecule has 1 rings (SSSR count). The van der Waals surface area contributed by atoms with E-state index < -0.39 is 17.7 Å². The maximum atomic E-state index is 11.9. The number of carbonyl (C=O) groups excluding carboxylic acids is 2. The van der Waals surface area contributed by atoms with Crippen LogP contribution in [0.2, 0.25) is 5.02 Å². The third-order valence-electron chi connectivity index (χ3n) is 3.06. The summed E-state index contributed by atoms with van der Waals surface area (Å²) in [6, 6.07) is 6.80. The van der Waals surface area contributed by atoms with Gasteiger partial charge in [0.1, 0.15) is 5.60 Å². The zero-order valence-electron chi connectivity index (χ0n) is 14.4. The van der Waals surface area contributed by atoms with Crippen LogP contribution in [0.5, 0.6) is 0 Å². The van der Waals surface area contributed by atoms with Crippen LogP contribution in [0.25, 0.3) is 0 Å². The van der Waals surface area contributed by atoms with Crippen molar-refractivity contribution in [2.75, 3.05) is 13.1 Å². The molecule has 0 fully saturated rings. The summed E-state index contributed by atoms with van der Waals surface area (Å²) in [5.41, 5.74) is 6.30. The van der Waals surface area contributed by atoms with Crippen LogP contribution >= 0.6 is 11.6 Å². The first-order valence-corrected chi connectivity index (χ1v) is 8.30. The van der Waals surface area contributed by atoms with Gasteiger partial charge < -0.3 is 21.1 Å². The minimum Gasteiger partial charge on any atom is -0.444 e. The summed E-state index contributed by atoms with van der Waals surface area (Å²) >= 11 is 5.91. The number of nitrogens with two attached hydrogens (primary N) is 1. The summed E-state index contributed by atoms with van der Waals surface area (Å²) in [6.07, 6.45) is 0.494. The van der Waals surface area contributed by atoms with Crippen molar-refractivity contribution in [1.82, 2.24) is 10.6 Å². The fourth-order valence-electron chi connectivity index (χ4n) is 1.93. The Morgan fingerprint density at radius 3 is 2.58 bits per heavy atom. The Balaban J connectivity index is 2.21. The quantitative estimate of drug-likeness (QED) is 0.699. The second kappa shape index (κ2) is 9.49. The largest absolute Gasteiger partial charge is 0.444 e. The van der Waals surface area contributed by atoms with Gasteiger partial charge in [-0.05, 0) is 51.3 Å². The van der Waals surface area contributed by atoms with E-state index in [1.165, 1.54) is 0 Å². The van der Waals surface area contributed by atoms with Crippen LogP contribution in [0.4, 0.5) is 4.79 Å².